The van der Waals surface area contributed by atoms with E-state index in [9.17, 15) is 9.59 Å². The molecular weight excluding hydrogens is 324 g/mol. The number of benzene rings is 1. The second-order valence-corrected chi connectivity index (χ2v) is 6.51. The molecule has 2 amide bonds. The summed E-state index contributed by atoms with van der Waals surface area (Å²) in [6.07, 6.45) is 1.76. The number of anilines is 1. The van der Waals surface area contributed by atoms with Gasteiger partial charge in [0.25, 0.3) is 0 Å². The highest BCUT2D eigenvalue weighted by Crippen LogP contribution is 2.25. The molecule has 0 bridgehead atoms. The highest BCUT2D eigenvalue weighted by atomic mass is 32.1. The number of hydrogen-bond donors (Lipinski definition) is 2. The molecule has 0 aliphatic rings. The molecule has 1 aromatic carbocycles. The Balaban J connectivity index is 2.03. The van der Waals surface area contributed by atoms with Crippen molar-refractivity contribution in [3.05, 3.63) is 45.6 Å². The van der Waals surface area contributed by atoms with E-state index in [1.54, 1.807) is 24.3 Å². The maximum atomic E-state index is 12.3. The van der Waals surface area contributed by atoms with Crippen molar-refractivity contribution in [1.82, 2.24) is 5.32 Å². The van der Waals surface area contributed by atoms with Crippen LogP contribution in [0.3, 0.4) is 0 Å². The number of nitrogens with one attached hydrogen (secondary N) is 2. The summed E-state index contributed by atoms with van der Waals surface area (Å²) in [5.74, 6) is 0.0211. The third kappa shape index (κ3) is 4.83. The highest BCUT2D eigenvalue weighted by Gasteiger charge is 2.14. The van der Waals surface area contributed by atoms with Crippen molar-refractivity contribution in [2.24, 2.45) is 0 Å². The van der Waals surface area contributed by atoms with Crippen molar-refractivity contribution in [1.29, 1.82) is 0 Å². The van der Waals surface area contributed by atoms with Crippen LogP contribution < -0.4 is 15.4 Å². The Kier molecular flexibility index (Phi) is 6.37. The molecule has 0 atom stereocenters. The van der Waals surface area contributed by atoms with Crippen molar-refractivity contribution in [3.63, 3.8) is 0 Å². The number of carbonyl (C=O) groups is 2. The van der Waals surface area contributed by atoms with Gasteiger partial charge in [0.05, 0.1) is 0 Å². The van der Waals surface area contributed by atoms with E-state index in [1.807, 2.05) is 19.9 Å². The summed E-state index contributed by atoms with van der Waals surface area (Å²) in [4.78, 5) is 25.7. The van der Waals surface area contributed by atoms with Gasteiger partial charge in [-0.25, -0.2) is 9.59 Å². The molecule has 0 aliphatic carbocycles. The van der Waals surface area contributed by atoms with E-state index in [0.29, 0.717) is 22.9 Å². The molecule has 0 radical (unpaired) electrons. The molecular formula is C18H22N2O3S. The average molecular weight is 346 g/mol. The smallest absolute Gasteiger partial charge is 0.353 e. The van der Waals surface area contributed by atoms with Gasteiger partial charge in [0.2, 0.25) is 0 Å². The molecule has 0 aliphatic heterocycles. The summed E-state index contributed by atoms with van der Waals surface area (Å²) in [7, 11) is 0. The zero-order chi connectivity index (χ0) is 17.5. The molecule has 1 heterocycles. The fourth-order valence-electron chi connectivity index (χ4n) is 2.18. The fraction of sp³-hybridized carbons (Fsp3) is 0.333. The number of ether oxygens (including phenoxy) is 1. The van der Waals surface area contributed by atoms with Crippen molar-refractivity contribution in [2.45, 2.75) is 33.6 Å². The Morgan fingerprint density at radius 3 is 2.67 bits per heavy atom. The fourth-order valence-corrected chi connectivity index (χ4v) is 3.17. The molecule has 24 heavy (non-hydrogen) atoms. The summed E-state index contributed by atoms with van der Waals surface area (Å²) in [5, 5.41) is 5.44. The summed E-state index contributed by atoms with van der Waals surface area (Å²) in [6.45, 7) is 6.65. The van der Waals surface area contributed by atoms with Gasteiger partial charge >= 0.3 is 12.0 Å². The zero-order valence-electron chi connectivity index (χ0n) is 14.1. The predicted molar refractivity (Wildman–Crippen MR) is 97.1 cm³/mol. The van der Waals surface area contributed by atoms with E-state index in [1.165, 1.54) is 16.2 Å². The van der Waals surface area contributed by atoms with Crippen LogP contribution in [0.15, 0.2) is 30.3 Å². The van der Waals surface area contributed by atoms with E-state index in [2.05, 4.69) is 17.6 Å². The van der Waals surface area contributed by atoms with Crippen LogP contribution in [-0.2, 0) is 6.42 Å². The van der Waals surface area contributed by atoms with Gasteiger partial charge in [0, 0.05) is 23.2 Å². The van der Waals surface area contributed by atoms with Gasteiger partial charge in [-0.05, 0) is 43.5 Å². The summed E-state index contributed by atoms with van der Waals surface area (Å²) >= 11 is 1.46. The van der Waals surface area contributed by atoms with Gasteiger partial charge in [-0.15, -0.1) is 11.3 Å². The number of urea groups is 1. The van der Waals surface area contributed by atoms with E-state index in [4.69, 9.17) is 4.74 Å². The van der Waals surface area contributed by atoms with Crippen molar-refractivity contribution < 1.29 is 14.3 Å². The molecule has 128 valence electrons. The van der Waals surface area contributed by atoms with Crippen LogP contribution in [0.1, 0.15) is 40.4 Å². The minimum absolute atomic E-state index is 0.276. The highest BCUT2D eigenvalue weighted by molar-refractivity contribution is 7.14. The third-order valence-electron chi connectivity index (χ3n) is 3.38. The van der Waals surface area contributed by atoms with Gasteiger partial charge in [0.1, 0.15) is 10.6 Å². The lowest BCUT2D eigenvalue weighted by molar-refractivity contribution is 0.0740. The lowest BCUT2D eigenvalue weighted by Crippen LogP contribution is -2.29. The van der Waals surface area contributed by atoms with E-state index >= 15 is 0 Å². The molecule has 5 nitrogen and oxygen atoms in total. The number of thiophene rings is 1. The molecule has 2 N–H and O–H groups in total. The Morgan fingerprint density at radius 1 is 1.21 bits per heavy atom. The first-order valence-corrected chi connectivity index (χ1v) is 8.81. The molecule has 0 saturated heterocycles. The number of carbonyl (C=O) groups excluding carboxylic acids is 2. The molecule has 2 rings (SSSR count). The Labute approximate surface area is 146 Å². The molecule has 0 fully saturated rings. The van der Waals surface area contributed by atoms with Gasteiger partial charge in [-0.1, -0.05) is 19.9 Å². The van der Waals surface area contributed by atoms with Gasteiger partial charge in [0.15, 0.2) is 0 Å². The van der Waals surface area contributed by atoms with Crippen molar-refractivity contribution in [3.8, 4) is 5.75 Å². The van der Waals surface area contributed by atoms with Crippen LogP contribution in [0.2, 0.25) is 0 Å². The van der Waals surface area contributed by atoms with Crippen LogP contribution in [0.5, 0.6) is 5.75 Å². The first-order valence-electron chi connectivity index (χ1n) is 7.99. The van der Waals surface area contributed by atoms with E-state index < -0.39 is 0 Å². The van der Waals surface area contributed by atoms with Crippen LogP contribution in [0.4, 0.5) is 10.5 Å². The van der Waals surface area contributed by atoms with E-state index in [-0.39, 0.29) is 12.0 Å². The summed E-state index contributed by atoms with van der Waals surface area (Å²) < 4.78 is 5.42. The van der Waals surface area contributed by atoms with Gasteiger partial charge in [-0.2, -0.15) is 0 Å². The normalized spacial score (nSPS) is 10.3. The van der Waals surface area contributed by atoms with Crippen molar-refractivity contribution >= 4 is 29.0 Å². The number of esters is 1. The topological polar surface area (TPSA) is 67.4 Å². The molecule has 0 spiro atoms. The maximum absolute atomic E-state index is 12.3. The number of amides is 2. The molecule has 0 unspecified atom stereocenters. The third-order valence-corrected chi connectivity index (χ3v) is 4.74. The molecule has 0 saturated carbocycles. The number of hydrogen-bond acceptors (Lipinski definition) is 4. The SMILES string of the molecule is CCCNC(=O)Nc1cccc(OC(=O)c2cc(C)c(CC)s2)c1. The lowest BCUT2D eigenvalue weighted by Gasteiger charge is -2.08. The first kappa shape index (κ1) is 18.0. The average Bonchev–Trinajstić information content (AvgIpc) is 2.94. The Morgan fingerprint density at radius 2 is 2.00 bits per heavy atom. The minimum atomic E-state index is -0.379. The van der Waals surface area contributed by atoms with Gasteiger partial charge in [-0.3, -0.25) is 0 Å². The van der Waals surface area contributed by atoms with Gasteiger partial charge < -0.3 is 15.4 Å². The second-order valence-electron chi connectivity index (χ2n) is 5.37. The Hall–Kier alpha value is -2.34. The number of rotatable bonds is 6. The largest absolute Gasteiger partial charge is 0.422 e. The van der Waals surface area contributed by atoms with Crippen molar-refractivity contribution in [2.75, 3.05) is 11.9 Å². The van der Waals surface area contributed by atoms with Crippen LogP contribution in [0.25, 0.3) is 0 Å². The van der Waals surface area contributed by atoms with Crippen LogP contribution in [0, 0.1) is 6.92 Å². The number of aryl methyl sites for hydroxylation is 2. The summed E-state index contributed by atoms with van der Waals surface area (Å²) in [5.41, 5.74) is 1.68. The van der Waals surface area contributed by atoms with Crippen LogP contribution in [-0.4, -0.2) is 18.5 Å². The standard InChI is InChI=1S/C18H22N2O3S/c1-4-9-19-18(22)20-13-7-6-8-14(11-13)23-17(21)16-10-12(3)15(5-2)24-16/h6-8,10-11H,4-5,9H2,1-3H3,(H2,19,20,22). The van der Waals surface area contributed by atoms with Crippen LogP contribution >= 0.6 is 11.3 Å². The first-order chi connectivity index (χ1) is 11.5. The predicted octanol–water partition coefficient (Wildman–Crippen LogP) is 4.37. The van der Waals surface area contributed by atoms with E-state index in [0.717, 1.165) is 18.4 Å². The molecule has 6 heteroatoms. The maximum Gasteiger partial charge on any atom is 0.353 e. The quantitative estimate of drug-likeness (QED) is 0.603. The molecule has 1 aromatic heterocycles. The zero-order valence-corrected chi connectivity index (χ0v) is 15.0. The molecule has 2 aromatic rings. The lowest BCUT2D eigenvalue weighted by atomic mass is 10.2. The minimum Gasteiger partial charge on any atom is -0.422 e. The summed E-state index contributed by atoms with van der Waals surface area (Å²) in [6, 6.07) is 8.37. The second kappa shape index (κ2) is 8.49. The Bertz CT molecular complexity index is 725. The monoisotopic (exact) mass is 346 g/mol.